The molecule has 128 valence electrons. The minimum atomic E-state index is -1.13. The van der Waals surface area contributed by atoms with Crippen molar-refractivity contribution in [1.29, 1.82) is 0 Å². The van der Waals surface area contributed by atoms with E-state index in [0.717, 1.165) is 11.1 Å². The quantitative estimate of drug-likeness (QED) is 0.666. The standard InChI is InChI=1S/C20H25NO3/c1-19(2,3)24-18(22)20(4,5)23-17-12-11-15(13-16(17)21)14-9-7-6-8-10-14/h6-13H,21H2,1-5H3. The summed E-state index contributed by atoms with van der Waals surface area (Å²) in [6.07, 6.45) is 0. The Morgan fingerprint density at radius 2 is 1.54 bits per heavy atom. The fraction of sp³-hybridized carbons (Fsp3) is 0.350. The Hall–Kier alpha value is -2.49. The highest BCUT2D eigenvalue weighted by Gasteiger charge is 2.35. The highest BCUT2D eigenvalue weighted by Crippen LogP contribution is 2.31. The van der Waals surface area contributed by atoms with Crippen molar-refractivity contribution in [2.24, 2.45) is 0 Å². The third-order valence-electron chi connectivity index (χ3n) is 3.37. The predicted octanol–water partition coefficient (Wildman–Crippen LogP) is 4.43. The summed E-state index contributed by atoms with van der Waals surface area (Å²) in [5, 5.41) is 0. The van der Waals surface area contributed by atoms with Gasteiger partial charge in [0.15, 0.2) is 5.60 Å². The van der Waals surface area contributed by atoms with E-state index in [0.29, 0.717) is 11.4 Å². The van der Waals surface area contributed by atoms with Gasteiger partial charge in [0.1, 0.15) is 11.4 Å². The van der Waals surface area contributed by atoms with E-state index in [9.17, 15) is 4.79 Å². The maximum atomic E-state index is 12.3. The molecule has 0 aliphatic heterocycles. The van der Waals surface area contributed by atoms with Crippen molar-refractivity contribution >= 4 is 11.7 Å². The van der Waals surface area contributed by atoms with E-state index in [1.54, 1.807) is 19.9 Å². The van der Waals surface area contributed by atoms with Crippen LogP contribution >= 0.6 is 0 Å². The maximum absolute atomic E-state index is 12.3. The molecule has 0 spiro atoms. The van der Waals surface area contributed by atoms with Gasteiger partial charge < -0.3 is 15.2 Å². The van der Waals surface area contributed by atoms with E-state index in [4.69, 9.17) is 15.2 Å². The van der Waals surface area contributed by atoms with Gasteiger partial charge in [0, 0.05) is 0 Å². The molecule has 0 saturated heterocycles. The highest BCUT2D eigenvalue weighted by atomic mass is 16.6. The van der Waals surface area contributed by atoms with Gasteiger partial charge in [-0.05, 0) is 57.9 Å². The number of nitrogen functional groups attached to an aromatic ring is 1. The molecule has 0 unspecified atom stereocenters. The molecule has 0 bridgehead atoms. The van der Waals surface area contributed by atoms with Crippen LogP contribution in [0.25, 0.3) is 11.1 Å². The van der Waals surface area contributed by atoms with E-state index in [-0.39, 0.29) is 0 Å². The number of benzene rings is 2. The van der Waals surface area contributed by atoms with Crippen molar-refractivity contribution in [3.05, 3.63) is 48.5 Å². The molecular formula is C20H25NO3. The van der Waals surface area contributed by atoms with Gasteiger partial charge in [0.25, 0.3) is 0 Å². The van der Waals surface area contributed by atoms with Crippen molar-refractivity contribution in [2.75, 3.05) is 5.73 Å². The third kappa shape index (κ3) is 4.51. The Kier molecular flexibility index (Phi) is 4.88. The fourth-order valence-corrected chi connectivity index (χ4v) is 2.17. The lowest BCUT2D eigenvalue weighted by atomic mass is 10.0. The normalized spacial score (nSPS) is 11.9. The Bertz CT molecular complexity index is 715. The number of ether oxygens (including phenoxy) is 2. The zero-order chi connectivity index (χ0) is 18.0. The van der Waals surface area contributed by atoms with E-state index in [1.165, 1.54) is 0 Å². The van der Waals surface area contributed by atoms with Gasteiger partial charge in [0.2, 0.25) is 0 Å². The van der Waals surface area contributed by atoms with Crippen LogP contribution in [0, 0.1) is 0 Å². The van der Waals surface area contributed by atoms with Crippen LogP contribution < -0.4 is 10.5 Å². The average molecular weight is 327 g/mol. The summed E-state index contributed by atoms with van der Waals surface area (Å²) in [6.45, 7) is 8.81. The van der Waals surface area contributed by atoms with Crippen LogP contribution in [0.15, 0.2) is 48.5 Å². The first-order valence-corrected chi connectivity index (χ1v) is 7.96. The Labute approximate surface area is 143 Å². The Morgan fingerprint density at radius 3 is 2.08 bits per heavy atom. The van der Waals surface area contributed by atoms with Gasteiger partial charge >= 0.3 is 5.97 Å². The molecule has 0 heterocycles. The molecule has 2 rings (SSSR count). The fourth-order valence-electron chi connectivity index (χ4n) is 2.17. The predicted molar refractivity (Wildman–Crippen MR) is 96.8 cm³/mol. The Morgan fingerprint density at radius 1 is 0.917 bits per heavy atom. The van der Waals surface area contributed by atoms with Crippen LogP contribution in [0.1, 0.15) is 34.6 Å². The zero-order valence-electron chi connectivity index (χ0n) is 14.9. The monoisotopic (exact) mass is 327 g/mol. The molecule has 4 nitrogen and oxygen atoms in total. The van der Waals surface area contributed by atoms with E-state index >= 15 is 0 Å². The van der Waals surface area contributed by atoms with Gasteiger partial charge in [-0.1, -0.05) is 36.4 Å². The van der Waals surface area contributed by atoms with Crippen LogP contribution in [0.3, 0.4) is 0 Å². The van der Waals surface area contributed by atoms with Crippen molar-refractivity contribution < 1.29 is 14.3 Å². The molecule has 0 saturated carbocycles. The number of anilines is 1. The van der Waals surface area contributed by atoms with E-state index < -0.39 is 17.2 Å². The Balaban J connectivity index is 2.20. The summed E-state index contributed by atoms with van der Waals surface area (Å²) in [7, 11) is 0. The smallest absolute Gasteiger partial charge is 0.350 e. The lowest BCUT2D eigenvalue weighted by molar-refractivity contribution is -0.170. The lowest BCUT2D eigenvalue weighted by Crippen LogP contribution is -2.43. The number of rotatable bonds is 4. The van der Waals surface area contributed by atoms with Crippen LogP contribution in [0.2, 0.25) is 0 Å². The second kappa shape index (κ2) is 6.56. The van der Waals surface area contributed by atoms with Crippen molar-refractivity contribution in [2.45, 2.75) is 45.8 Å². The number of hydrogen-bond acceptors (Lipinski definition) is 4. The van der Waals surface area contributed by atoms with E-state index in [1.807, 2.05) is 63.2 Å². The summed E-state index contributed by atoms with van der Waals surface area (Å²) >= 11 is 0. The minimum Gasteiger partial charge on any atom is -0.474 e. The first-order chi connectivity index (χ1) is 11.1. The molecule has 0 atom stereocenters. The van der Waals surface area contributed by atoms with Crippen molar-refractivity contribution in [3.63, 3.8) is 0 Å². The summed E-state index contributed by atoms with van der Waals surface area (Å²) in [6, 6.07) is 15.5. The van der Waals surface area contributed by atoms with Crippen LogP contribution in [0.5, 0.6) is 5.75 Å². The molecule has 24 heavy (non-hydrogen) atoms. The van der Waals surface area contributed by atoms with E-state index in [2.05, 4.69) is 0 Å². The number of carbonyl (C=O) groups is 1. The zero-order valence-corrected chi connectivity index (χ0v) is 14.9. The van der Waals surface area contributed by atoms with Gasteiger partial charge in [-0.2, -0.15) is 0 Å². The van der Waals surface area contributed by atoms with Crippen LogP contribution in [-0.2, 0) is 9.53 Å². The van der Waals surface area contributed by atoms with Crippen LogP contribution in [0.4, 0.5) is 5.69 Å². The molecular weight excluding hydrogens is 302 g/mol. The van der Waals surface area contributed by atoms with Gasteiger partial charge in [0.05, 0.1) is 5.69 Å². The molecule has 4 heteroatoms. The minimum absolute atomic E-state index is 0.429. The van der Waals surface area contributed by atoms with Crippen molar-refractivity contribution in [1.82, 2.24) is 0 Å². The molecule has 2 N–H and O–H groups in total. The molecule has 2 aromatic rings. The molecule has 0 aliphatic carbocycles. The SMILES string of the molecule is CC(C)(C)OC(=O)C(C)(C)Oc1ccc(-c2ccccc2)cc1N. The maximum Gasteiger partial charge on any atom is 0.350 e. The second-order valence-corrected chi connectivity index (χ2v) is 7.23. The summed E-state index contributed by atoms with van der Waals surface area (Å²) in [4.78, 5) is 12.3. The van der Waals surface area contributed by atoms with Crippen LogP contribution in [-0.4, -0.2) is 17.2 Å². The summed E-state index contributed by atoms with van der Waals surface area (Å²) in [5.74, 6) is 0.0343. The molecule has 0 aliphatic rings. The van der Waals surface area contributed by atoms with Gasteiger partial charge in [-0.15, -0.1) is 0 Å². The largest absolute Gasteiger partial charge is 0.474 e. The number of nitrogens with two attached hydrogens (primary N) is 1. The third-order valence-corrected chi connectivity index (χ3v) is 3.37. The highest BCUT2D eigenvalue weighted by molar-refractivity contribution is 5.80. The molecule has 2 aromatic carbocycles. The van der Waals surface area contributed by atoms with Crippen molar-refractivity contribution in [3.8, 4) is 16.9 Å². The first kappa shape index (κ1) is 17.9. The second-order valence-electron chi connectivity index (χ2n) is 7.23. The number of hydrogen-bond donors (Lipinski definition) is 1. The molecule has 0 radical (unpaired) electrons. The average Bonchev–Trinajstić information content (AvgIpc) is 2.48. The lowest BCUT2D eigenvalue weighted by Gasteiger charge is -2.29. The summed E-state index contributed by atoms with van der Waals surface area (Å²) in [5.41, 5.74) is 6.96. The molecule has 0 aromatic heterocycles. The summed E-state index contributed by atoms with van der Waals surface area (Å²) < 4.78 is 11.2. The first-order valence-electron chi connectivity index (χ1n) is 7.96. The molecule has 0 amide bonds. The molecule has 0 fully saturated rings. The topological polar surface area (TPSA) is 61.5 Å². The van der Waals surface area contributed by atoms with Gasteiger partial charge in [-0.3, -0.25) is 0 Å². The number of esters is 1. The van der Waals surface area contributed by atoms with Gasteiger partial charge in [-0.25, -0.2) is 4.79 Å². The number of carbonyl (C=O) groups excluding carboxylic acids is 1.